The SMILES string of the molecule is CCN(C[C@@H]1CCCO1)c1cc(C)nc(COC)n1. The van der Waals surface area contributed by atoms with Crippen molar-refractivity contribution in [2.24, 2.45) is 0 Å². The molecule has 1 fully saturated rings. The van der Waals surface area contributed by atoms with Crippen LogP contribution in [0.3, 0.4) is 0 Å². The highest BCUT2D eigenvalue weighted by atomic mass is 16.5. The van der Waals surface area contributed by atoms with Gasteiger partial charge < -0.3 is 14.4 Å². The first-order valence-electron chi connectivity index (χ1n) is 6.93. The zero-order valence-corrected chi connectivity index (χ0v) is 12.1. The molecule has 5 heteroatoms. The minimum Gasteiger partial charge on any atom is -0.377 e. The van der Waals surface area contributed by atoms with Crippen LogP contribution in [-0.2, 0) is 16.1 Å². The Labute approximate surface area is 115 Å². The van der Waals surface area contributed by atoms with Crippen LogP contribution in [0.4, 0.5) is 5.82 Å². The van der Waals surface area contributed by atoms with Crippen LogP contribution in [0.15, 0.2) is 6.07 Å². The Morgan fingerprint density at radius 1 is 1.47 bits per heavy atom. The summed E-state index contributed by atoms with van der Waals surface area (Å²) >= 11 is 0. The molecule has 0 bridgehead atoms. The van der Waals surface area contributed by atoms with Crippen LogP contribution in [0, 0.1) is 6.92 Å². The fourth-order valence-corrected chi connectivity index (χ4v) is 2.39. The van der Waals surface area contributed by atoms with Crippen LogP contribution in [0.1, 0.15) is 31.3 Å². The Balaban J connectivity index is 2.11. The van der Waals surface area contributed by atoms with E-state index in [4.69, 9.17) is 9.47 Å². The molecule has 0 radical (unpaired) electrons. The maximum absolute atomic E-state index is 5.70. The summed E-state index contributed by atoms with van der Waals surface area (Å²) in [5.74, 6) is 1.71. The Bertz CT molecular complexity index is 406. The lowest BCUT2D eigenvalue weighted by atomic mass is 10.2. The minimum absolute atomic E-state index is 0.334. The number of rotatable bonds is 6. The van der Waals surface area contributed by atoms with E-state index >= 15 is 0 Å². The van der Waals surface area contributed by atoms with Gasteiger partial charge in [0.2, 0.25) is 0 Å². The summed E-state index contributed by atoms with van der Waals surface area (Å²) in [6, 6.07) is 2.03. The van der Waals surface area contributed by atoms with Crippen molar-refractivity contribution in [3.8, 4) is 0 Å². The molecule has 1 aliphatic rings. The smallest absolute Gasteiger partial charge is 0.156 e. The molecule has 0 N–H and O–H groups in total. The number of anilines is 1. The molecule has 106 valence electrons. The predicted octanol–water partition coefficient (Wildman–Crippen LogP) is 1.94. The topological polar surface area (TPSA) is 47.5 Å². The molecule has 19 heavy (non-hydrogen) atoms. The monoisotopic (exact) mass is 265 g/mol. The second kappa shape index (κ2) is 6.82. The molecule has 5 nitrogen and oxygen atoms in total. The van der Waals surface area contributed by atoms with Crippen molar-refractivity contribution in [1.29, 1.82) is 0 Å². The van der Waals surface area contributed by atoms with Crippen LogP contribution < -0.4 is 4.90 Å². The third-order valence-electron chi connectivity index (χ3n) is 3.31. The number of aromatic nitrogens is 2. The molecule has 1 aliphatic heterocycles. The van der Waals surface area contributed by atoms with Gasteiger partial charge in [0.25, 0.3) is 0 Å². The predicted molar refractivity (Wildman–Crippen MR) is 74.3 cm³/mol. The minimum atomic E-state index is 0.334. The molecule has 0 unspecified atom stereocenters. The molecule has 2 rings (SSSR count). The van der Waals surface area contributed by atoms with Crippen molar-refractivity contribution in [2.45, 2.75) is 39.4 Å². The summed E-state index contributed by atoms with van der Waals surface area (Å²) in [5, 5.41) is 0. The molecular formula is C14H23N3O2. The first-order chi connectivity index (χ1) is 9.22. The summed E-state index contributed by atoms with van der Waals surface area (Å²) in [6.07, 6.45) is 2.65. The standard InChI is InChI=1S/C14H23N3O2/c1-4-17(9-12-6-5-7-19-12)14-8-11(2)15-13(16-14)10-18-3/h8,12H,4-7,9-10H2,1-3H3/t12-/m0/s1. The van der Waals surface area contributed by atoms with Gasteiger partial charge in [0.15, 0.2) is 5.82 Å². The molecule has 0 saturated carbocycles. The van der Waals surface area contributed by atoms with E-state index in [9.17, 15) is 0 Å². The Kier molecular flexibility index (Phi) is 5.10. The van der Waals surface area contributed by atoms with Gasteiger partial charge in [0.1, 0.15) is 12.4 Å². The Morgan fingerprint density at radius 3 is 2.95 bits per heavy atom. The Hall–Kier alpha value is -1.20. The van der Waals surface area contributed by atoms with Crippen molar-refractivity contribution >= 4 is 5.82 Å². The van der Waals surface area contributed by atoms with Gasteiger partial charge in [-0.1, -0.05) is 0 Å². The first-order valence-corrected chi connectivity index (χ1v) is 6.93. The lowest BCUT2D eigenvalue weighted by molar-refractivity contribution is 0.115. The molecular weight excluding hydrogens is 242 g/mol. The number of aryl methyl sites for hydroxylation is 1. The summed E-state index contributed by atoms with van der Waals surface area (Å²) in [4.78, 5) is 11.2. The molecule has 1 saturated heterocycles. The van der Waals surface area contributed by atoms with E-state index in [2.05, 4.69) is 21.8 Å². The molecule has 1 atom stereocenters. The third-order valence-corrected chi connectivity index (χ3v) is 3.31. The van der Waals surface area contributed by atoms with Crippen LogP contribution in [0.5, 0.6) is 0 Å². The van der Waals surface area contributed by atoms with Crippen LogP contribution >= 0.6 is 0 Å². The van der Waals surface area contributed by atoms with Crippen LogP contribution in [-0.4, -0.2) is 42.9 Å². The Morgan fingerprint density at radius 2 is 2.32 bits per heavy atom. The highest BCUT2D eigenvalue weighted by Gasteiger charge is 2.19. The molecule has 1 aromatic heterocycles. The van der Waals surface area contributed by atoms with Gasteiger partial charge in [-0.25, -0.2) is 9.97 Å². The summed E-state index contributed by atoms with van der Waals surface area (Å²) in [7, 11) is 1.66. The maximum atomic E-state index is 5.70. The number of hydrogen-bond acceptors (Lipinski definition) is 5. The second-order valence-electron chi connectivity index (χ2n) is 4.89. The van der Waals surface area contributed by atoms with Crippen molar-refractivity contribution in [1.82, 2.24) is 9.97 Å². The lowest BCUT2D eigenvalue weighted by Gasteiger charge is -2.25. The van der Waals surface area contributed by atoms with Gasteiger partial charge in [0, 0.05) is 38.6 Å². The average Bonchev–Trinajstić information content (AvgIpc) is 2.88. The van der Waals surface area contributed by atoms with Gasteiger partial charge in [-0.05, 0) is 26.7 Å². The molecule has 0 aliphatic carbocycles. The van der Waals surface area contributed by atoms with E-state index in [1.165, 1.54) is 6.42 Å². The van der Waals surface area contributed by atoms with E-state index in [0.717, 1.165) is 43.5 Å². The molecule has 2 heterocycles. The van der Waals surface area contributed by atoms with E-state index in [1.54, 1.807) is 7.11 Å². The van der Waals surface area contributed by atoms with Gasteiger partial charge in [-0.15, -0.1) is 0 Å². The zero-order chi connectivity index (χ0) is 13.7. The van der Waals surface area contributed by atoms with Gasteiger partial charge in [-0.3, -0.25) is 0 Å². The van der Waals surface area contributed by atoms with Gasteiger partial charge in [0.05, 0.1) is 6.10 Å². The first kappa shape index (κ1) is 14.2. The molecule has 1 aromatic rings. The van der Waals surface area contributed by atoms with E-state index < -0.39 is 0 Å². The zero-order valence-electron chi connectivity index (χ0n) is 12.1. The fraction of sp³-hybridized carbons (Fsp3) is 0.714. The molecule has 0 spiro atoms. The van der Waals surface area contributed by atoms with Crippen molar-refractivity contribution in [2.75, 3.05) is 31.7 Å². The molecule has 0 amide bonds. The summed E-state index contributed by atoms with van der Waals surface area (Å²) in [6.45, 7) is 7.29. The molecule has 0 aromatic carbocycles. The van der Waals surface area contributed by atoms with Crippen molar-refractivity contribution in [3.63, 3.8) is 0 Å². The van der Waals surface area contributed by atoms with Crippen molar-refractivity contribution < 1.29 is 9.47 Å². The van der Waals surface area contributed by atoms with E-state index in [1.807, 2.05) is 13.0 Å². The fourth-order valence-electron chi connectivity index (χ4n) is 2.39. The number of ether oxygens (including phenoxy) is 2. The van der Waals surface area contributed by atoms with E-state index in [-0.39, 0.29) is 0 Å². The quantitative estimate of drug-likeness (QED) is 0.786. The average molecular weight is 265 g/mol. The second-order valence-corrected chi connectivity index (χ2v) is 4.89. The van der Waals surface area contributed by atoms with Gasteiger partial charge in [-0.2, -0.15) is 0 Å². The third kappa shape index (κ3) is 3.88. The highest BCUT2D eigenvalue weighted by molar-refractivity contribution is 5.39. The highest BCUT2D eigenvalue weighted by Crippen LogP contribution is 2.18. The van der Waals surface area contributed by atoms with Crippen LogP contribution in [0.2, 0.25) is 0 Å². The van der Waals surface area contributed by atoms with Gasteiger partial charge >= 0.3 is 0 Å². The lowest BCUT2D eigenvalue weighted by Crippen LogP contribution is -2.33. The number of methoxy groups -OCH3 is 1. The largest absolute Gasteiger partial charge is 0.377 e. The summed E-state index contributed by atoms with van der Waals surface area (Å²) < 4.78 is 10.8. The maximum Gasteiger partial charge on any atom is 0.156 e. The summed E-state index contributed by atoms with van der Waals surface area (Å²) in [5.41, 5.74) is 0.975. The van der Waals surface area contributed by atoms with E-state index in [0.29, 0.717) is 12.7 Å². The van der Waals surface area contributed by atoms with Crippen molar-refractivity contribution in [3.05, 3.63) is 17.6 Å². The normalized spacial score (nSPS) is 18.8. The number of likely N-dealkylation sites (N-methyl/N-ethyl adjacent to an activating group) is 1. The van der Waals surface area contributed by atoms with Crippen LogP contribution in [0.25, 0.3) is 0 Å². The number of hydrogen-bond donors (Lipinski definition) is 0. The number of nitrogens with zero attached hydrogens (tertiary/aromatic N) is 3.